The quantitative estimate of drug-likeness (QED) is 0.176. The van der Waals surface area contributed by atoms with E-state index in [9.17, 15) is 0 Å². The Hall–Kier alpha value is -6.90. The molecule has 0 radical (unpaired) electrons. The van der Waals surface area contributed by atoms with Crippen LogP contribution in [0.5, 0.6) is 0 Å². The first kappa shape index (κ1) is 30.0. The summed E-state index contributed by atoms with van der Waals surface area (Å²) in [5, 5.41) is 7.22. The van der Waals surface area contributed by atoms with E-state index in [0.29, 0.717) is 0 Å². The van der Waals surface area contributed by atoms with Gasteiger partial charge in [0, 0.05) is 33.9 Å². The molecule has 0 atom stereocenters. The number of hydrogen-bond acceptors (Lipinski definition) is 2. The molecule has 2 heteroatoms. The SMILES string of the molecule is c1ccc(-c2ccc3cc(-c4ccc(N(c5ccc(-c6cccc7ccccc67)cc5)c5ccc6c(c5)oc5ccccc56)cc4)ccc3c2)cc1. The number of anilines is 3. The molecule has 9 aromatic carbocycles. The highest BCUT2D eigenvalue weighted by atomic mass is 16.3. The van der Waals surface area contributed by atoms with E-state index >= 15 is 0 Å². The number of fused-ring (bicyclic) bond motifs is 5. The Morgan fingerprint density at radius 1 is 0.288 bits per heavy atom. The lowest BCUT2D eigenvalue weighted by Crippen LogP contribution is -2.09. The van der Waals surface area contributed by atoms with E-state index in [4.69, 9.17) is 4.42 Å². The van der Waals surface area contributed by atoms with Gasteiger partial charge in [0.1, 0.15) is 11.2 Å². The van der Waals surface area contributed by atoms with Crippen molar-refractivity contribution in [2.24, 2.45) is 0 Å². The van der Waals surface area contributed by atoms with Gasteiger partial charge >= 0.3 is 0 Å². The predicted octanol–water partition coefficient (Wildman–Crippen LogP) is 14.4. The number of para-hydroxylation sites is 1. The van der Waals surface area contributed by atoms with E-state index in [-0.39, 0.29) is 0 Å². The Bertz CT molecular complexity index is 2880. The van der Waals surface area contributed by atoms with Crippen LogP contribution in [-0.4, -0.2) is 0 Å². The van der Waals surface area contributed by atoms with Crippen LogP contribution in [0, 0.1) is 0 Å². The number of rotatable bonds is 6. The molecule has 0 saturated heterocycles. The maximum absolute atomic E-state index is 6.35. The number of furan rings is 1. The van der Waals surface area contributed by atoms with Gasteiger partial charge in [-0.25, -0.2) is 0 Å². The van der Waals surface area contributed by atoms with Crippen molar-refractivity contribution in [3.05, 3.63) is 200 Å². The minimum Gasteiger partial charge on any atom is -0.456 e. The Morgan fingerprint density at radius 2 is 0.827 bits per heavy atom. The number of hydrogen-bond donors (Lipinski definition) is 0. The van der Waals surface area contributed by atoms with Crippen molar-refractivity contribution in [2.45, 2.75) is 0 Å². The van der Waals surface area contributed by atoms with Gasteiger partial charge < -0.3 is 9.32 Å². The standard InChI is InChI=1S/C50H33NO/c1-2-9-34(10-3-1)38-17-19-41-32-39(18-20-40(41)31-38)35-21-25-42(26-22-35)51(44-29-30-48-47-14-6-7-16-49(47)52-50(48)33-44)43-27-23-37(24-28-43)46-15-8-12-36-11-4-5-13-45(36)46/h1-33H. The number of nitrogens with zero attached hydrogens (tertiary/aromatic N) is 1. The van der Waals surface area contributed by atoms with Crippen molar-refractivity contribution in [2.75, 3.05) is 4.90 Å². The Balaban J connectivity index is 1.03. The van der Waals surface area contributed by atoms with Crippen molar-refractivity contribution in [3.8, 4) is 33.4 Å². The first-order chi connectivity index (χ1) is 25.7. The molecule has 10 aromatic rings. The zero-order valence-electron chi connectivity index (χ0n) is 28.4. The molecule has 10 rings (SSSR count). The van der Waals surface area contributed by atoms with Crippen molar-refractivity contribution in [1.82, 2.24) is 0 Å². The summed E-state index contributed by atoms with van der Waals surface area (Å²) in [7, 11) is 0. The topological polar surface area (TPSA) is 16.4 Å². The molecule has 0 saturated carbocycles. The van der Waals surface area contributed by atoms with Crippen LogP contribution in [0.4, 0.5) is 17.1 Å². The van der Waals surface area contributed by atoms with Crippen LogP contribution >= 0.6 is 0 Å². The van der Waals surface area contributed by atoms with Crippen LogP contribution in [0.2, 0.25) is 0 Å². The maximum atomic E-state index is 6.35. The van der Waals surface area contributed by atoms with Crippen molar-refractivity contribution >= 4 is 60.5 Å². The third kappa shape index (κ3) is 5.30. The van der Waals surface area contributed by atoms with Crippen molar-refractivity contribution < 1.29 is 4.42 Å². The van der Waals surface area contributed by atoms with E-state index in [2.05, 4.69) is 193 Å². The van der Waals surface area contributed by atoms with Crippen LogP contribution in [-0.2, 0) is 0 Å². The van der Waals surface area contributed by atoms with Crippen LogP contribution < -0.4 is 4.90 Å². The second-order valence-electron chi connectivity index (χ2n) is 13.4. The van der Waals surface area contributed by atoms with Gasteiger partial charge in [0.2, 0.25) is 0 Å². The monoisotopic (exact) mass is 663 g/mol. The second kappa shape index (κ2) is 12.5. The summed E-state index contributed by atoms with van der Waals surface area (Å²) in [6.45, 7) is 0. The molecule has 52 heavy (non-hydrogen) atoms. The fourth-order valence-electron chi connectivity index (χ4n) is 7.61. The largest absolute Gasteiger partial charge is 0.456 e. The summed E-state index contributed by atoms with van der Waals surface area (Å²) in [6.07, 6.45) is 0. The summed E-state index contributed by atoms with van der Waals surface area (Å²) in [5.41, 5.74) is 12.2. The molecule has 244 valence electrons. The molecule has 1 aromatic heterocycles. The Labute approximate surface area is 302 Å². The lowest BCUT2D eigenvalue weighted by Gasteiger charge is -2.26. The first-order valence-corrected chi connectivity index (χ1v) is 17.7. The van der Waals surface area contributed by atoms with Crippen molar-refractivity contribution in [1.29, 1.82) is 0 Å². The fraction of sp³-hybridized carbons (Fsp3) is 0. The van der Waals surface area contributed by atoms with E-state index < -0.39 is 0 Å². The molecule has 0 amide bonds. The summed E-state index contributed by atoms with van der Waals surface area (Å²) in [6, 6.07) is 71.7. The van der Waals surface area contributed by atoms with Crippen molar-refractivity contribution in [3.63, 3.8) is 0 Å². The predicted molar refractivity (Wildman–Crippen MR) is 220 cm³/mol. The van der Waals surface area contributed by atoms with Crippen LogP contribution in [0.1, 0.15) is 0 Å². The lowest BCUT2D eigenvalue weighted by atomic mass is 9.97. The van der Waals surface area contributed by atoms with Crippen LogP contribution in [0.25, 0.3) is 76.9 Å². The second-order valence-corrected chi connectivity index (χ2v) is 13.4. The summed E-state index contributed by atoms with van der Waals surface area (Å²) >= 11 is 0. The Morgan fingerprint density at radius 3 is 1.56 bits per heavy atom. The highest BCUT2D eigenvalue weighted by Crippen LogP contribution is 2.40. The molecule has 0 N–H and O–H groups in total. The van der Waals surface area contributed by atoms with E-state index in [1.54, 1.807) is 0 Å². The highest BCUT2D eigenvalue weighted by molar-refractivity contribution is 6.06. The zero-order chi connectivity index (χ0) is 34.4. The first-order valence-electron chi connectivity index (χ1n) is 17.7. The minimum absolute atomic E-state index is 0.874. The number of benzene rings is 9. The molecule has 0 aliphatic rings. The van der Waals surface area contributed by atoms with E-state index in [1.165, 1.54) is 54.9 Å². The zero-order valence-corrected chi connectivity index (χ0v) is 28.4. The normalized spacial score (nSPS) is 11.5. The van der Waals surface area contributed by atoms with Gasteiger partial charge in [-0.15, -0.1) is 0 Å². The molecule has 1 heterocycles. The van der Waals surface area contributed by atoms with E-state index in [1.807, 2.05) is 12.1 Å². The van der Waals surface area contributed by atoms with Gasteiger partial charge in [0.15, 0.2) is 0 Å². The van der Waals surface area contributed by atoms with Crippen LogP contribution in [0.15, 0.2) is 205 Å². The molecule has 0 unspecified atom stereocenters. The highest BCUT2D eigenvalue weighted by Gasteiger charge is 2.16. The third-order valence-corrected chi connectivity index (χ3v) is 10.3. The molecule has 2 nitrogen and oxygen atoms in total. The maximum Gasteiger partial charge on any atom is 0.137 e. The van der Waals surface area contributed by atoms with Gasteiger partial charge in [0.05, 0.1) is 0 Å². The van der Waals surface area contributed by atoms with Gasteiger partial charge in [-0.2, -0.15) is 0 Å². The average molecular weight is 664 g/mol. The van der Waals surface area contributed by atoms with Crippen LogP contribution in [0.3, 0.4) is 0 Å². The average Bonchev–Trinajstić information content (AvgIpc) is 3.59. The molecule has 0 fully saturated rings. The molecular formula is C50H33NO. The Kier molecular flexibility index (Phi) is 7.18. The smallest absolute Gasteiger partial charge is 0.137 e. The molecule has 0 bridgehead atoms. The molecular weight excluding hydrogens is 631 g/mol. The summed E-state index contributed by atoms with van der Waals surface area (Å²) < 4.78 is 6.35. The van der Waals surface area contributed by atoms with Gasteiger partial charge in [-0.3, -0.25) is 0 Å². The summed E-state index contributed by atoms with van der Waals surface area (Å²) in [5.74, 6) is 0. The lowest BCUT2D eigenvalue weighted by molar-refractivity contribution is 0.669. The van der Waals surface area contributed by atoms with Gasteiger partial charge in [-0.05, 0) is 110 Å². The van der Waals surface area contributed by atoms with E-state index in [0.717, 1.165) is 39.0 Å². The molecule has 0 aliphatic heterocycles. The van der Waals surface area contributed by atoms with Gasteiger partial charge in [0.25, 0.3) is 0 Å². The molecule has 0 spiro atoms. The summed E-state index contributed by atoms with van der Waals surface area (Å²) in [4.78, 5) is 2.31. The molecule has 0 aliphatic carbocycles. The minimum atomic E-state index is 0.874. The van der Waals surface area contributed by atoms with Gasteiger partial charge in [-0.1, -0.05) is 140 Å². The fourth-order valence-corrected chi connectivity index (χ4v) is 7.61. The third-order valence-electron chi connectivity index (χ3n) is 10.3.